The number of aliphatic carboxylic acids is 1. The average Bonchev–Trinajstić information content (AvgIpc) is 2.98. The summed E-state index contributed by atoms with van der Waals surface area (Å²) in [6, 6.07) is 7.94. The van der Waals surface area contributed by atoms with E-state index in [1.165, 1.54) is 0 Å². The third-order valence-electron chi connectivity index (χ3n) is 4.39. The van der Waals surface area contributed by atoms with Crippen molar-refractivity contribution in [1.29, 1.82) is 0 Å². The van der Waals surface area contributed by atoms with Gasteiger partial charge in [0, 0.05) is 13.5 Å². The quantitative estimate of drug-likeness (QED) is 0.921. The number of aryl methyl sites for hydroxylation is 1. The Bertz CT molecular complexity index is 624. The maximum absolute atomic E-state index is 11.6. The summed E-state index contributed by atoms with van der Waals surface area (Å²) in [5.41, 5.74) is 1.41. The fourth-order valence-corrected chi connectivity index (χ4v) is 3.17. The minimum atomic E-state index is -0.669. The topological polar surface area (TPSA) is 55.1 Å². The van der Waals surface area contributed by atoms with Crippen molar-refractivity contribution in [3.05, 3.63) is 30.1 Å². The summed E-state index contributed by atoms with van der Waals surface area (Å²) in [6.45, 7) is 0. The van der Waals surface area contributed by atoms with Crippen LogP contribution >= 0.6 is 0 Å². The second-order valence-corrected chi connectivity index (χ2v) is 5.55. The van der Waals surface area contributed by atoms with Gasteiger partial charge < -0.3 is 9.67 Å². The Labute approximate surface area is 112 Å². The molecule has 1 N–H and O–H groups in total. The molecule has 0 radical (unpaired) electrons. The highest BCUT2D eigenvalue weighted by molar-refractivity contribution is 5.77. The highest BCUT2D eigenvalue weighted by atomic mass is 16.4. The van der Waals surface area contributed by atoms with E-state index in [0.29, 0.717) is 6.42 Å². The summed E-state index contributed by atoms with van der Waals surface area (Å²) in [4.78, 5) is 16.2. The van der Waals surface area contributed by atoms with E-state index in [1.807, 2.05) is 35.9 Å². The van der Waals surface area contributed by atoms with Crippen molar-refractivity contribution in [2.75, 3.05) is 0 Å². The van der Waals surface area contributed by atoms with Gasteiger partial charge in [-0.25, -0.2) is 4.98 Å². The minimum absolute atomic E-state index is 0.535. The Morgan fingerprint density at radius 1 is 1.37 bits per heavy atom. The number of carboxylic acid groups (broad SMARTS) is 1. The molecule has 0 bridgehead atoms. The van der Waals surface area contributed by atoms with Crippen molar-refractivity contribution in [1.82, 2.24) is 9.55 Å². The first-order chi connectivity index (χ1) is 9.12. The van der Waals surface area contributed by atoms with Crippen LogP contribution in [0.3, 0.4) is 0 Å². The van der Waals surface area contributed by atoms with Crippen LogP contribution < -0.4 is 0 Å². The lowest BCUT2D eigenvalue weighted by molar-refractivity contribution is -0.148. The molecule has 0 aliphatic heterocycles. The molecule has 1 aromatic heterocycles. The minimum Gasteiger partial charge on any atom is -0.481 e. The maximum Gasteiger partial charge on any atom is 0.310 e. The van der Waals surface area contributed by atoms with Gasteiger partial charge in [0.2, 0.25) is 0 Å². The molecule has 1 fully saturated rings. The van der Waals surface area contributed by atoms with Crippen LogP contribution in [-0.4, -0.2) is 20.6 Å². The van der Waals surface area contributed by atoms with Crippen LogP contribution in [0.25, 0.3) is 11.0 Å². The van der Waals surface area contributed by atoms with Gasteiger partial charge in [-0.1, -0.05) is 25.0 Å². The van der Waals surface area contributed by atoms with Crippen molar-refractivity contribution < 1.29 is 9.90 Å². The molecule has 1 aliphatic rings. The molecule has 0 atom stereocenters. The number of hydrogen-bond donors (Lipinski definition) is 1. The Balaban J connectivity index is 2.01. The van der Waals surface area contributed by atoms with Crippen molar-refractivity contribution >= 4 is 17.0 Å². The first kappa shape index (κ1) is 12.2. The summed E-state index contributed by atoms with van der Waals surface area (Å²) >= 11 is 0. The summed E-state index contributed by atoms with van der Waals surface area (Å²) < 4.78 is 2.03. The predicted molar refractivity (Wildman–Crippen MR) is 73.0 cm³/mol. The molecule has 4 nitrogen and oxygen atoms in total. The van der Waals surface area contributed by atoms with Crippen molar-refractivity contribution in [2.24, 2.45) is 12.5 Å². The molecule has 3 rings (SSSR count). The highest BCUT2D eigenvalue weighted by Crippen LogP contribution is 2.41. The second kappa shape index (κ2) is 4.37. The molecular formula is C15H18N2O2. The first-order valence-corrected chi connectivity index (χ1v) is 6.76. The average molecular weight is 258 g/mol. The van der Waals surface area contributed by atoms with E-state index in [2.05, 4.69) is 4.98 Å². The molecular weight excluding hydrogens is 240 g/mol. The number of hydrogen-bond acceptors (Lipinski definition) is 2. The van der Waals surface area contributed by atoms with Gasteiger partial charge in [0.15, 0.2) is 0 Å². The third kappa shape index (κ3) is 1.91. The van der Waals surface area contributed by atoms with Crippen molar-refractivity contribution in [3.63, 3.8) is 0 Å². The van der Waals surface area contributed by atoms with E-state index < -0.39 is 11.4 Å². The first-order valence-electron chi connectivity index (χ1n) is 6.76. The normalized spacial score (nSPS) is 17.9. The number of nitrogens with zero attached hydrogens (tertiary/aromatic N) is 2. The molecule has 1 saturated carbocycles. The Kier molecular flexibility index (Phi) is 2.81. The summed E-state index contributed by atoms with van der Waals surface area (Å²) in [5, 5.41) is 9.55. The van der Waals surface area contributed by atoms with Crippen LogP contribution in [-0.2, 0) is 18.3 Å². The fraction of sp³-hybridized carbons (Fsp3) is 0.467. The summed E-state index contributed by atoms with van der Waals surface area (Å²) in [6.07, 6.45) is 4.09. The SMILES string of the molecule is Cn1c(CC2(C(=O)O)CCCC2)nc2ccccc21. The van der Waals surface area contributed by atoms with E-state index >= 15 is 0 Å². The van der Waals surface area contributed by atoms with Gasteiger partial charge in [-0.2, -0.15) is 0 Å². The van der Waals surface area contributed by atoms with Crippen LogP contribution in [0.5, 0.6) is 0 Å². The number of fused-ring (bicyclic) bond motifs is 1. The largest absolute Gasteiger partial charge is 0.481 e. The van der Waals surface area contributed by atoms with Crippen LogP contribution in [0.4, 0.5) is 0 Å². The molecule has 2 aromatic rings. The summed E-state index contributed by atoms with van der Waals surface area (Å²) in [7, 11) is 1.97. The molecule has 0 unspecified atom stereocenters. The molecule has 19 heavy (non-hydrogen) atoms. The third-order valence-corrected chi connectivity index (χ3v) is 4.39. The molecule has 1 aliphatic carbocycles. The van der Waals surface area contributed by atoms with Crippen LogP contribution in [0.1, 0.15) is 31.5 Å². The highest BCUT2D eigenvalue weighted by Gasteiger charge is 2.42. The van der Waals surface area contributed by atoms with E-state index in [4.69, 9.17) is 0 Å². The molecule has 0 saturated heterocycles. The molecule has 4 heteroatoms. The van der Waals surface area contributed by atoms with Gasteiger partial charge >= 0.3 is 5.97 Å². The van der Waals surface area contributed by atoms with Gasteiger partial charge in [-0.05, 0) is 25.0 Å². The number of para-hydroxylation sites is 2. The number of rotatable bonds is 3. The number of benzene rings is 1. The number of imidazole rings is 1. The van der Waals surface area contributed by atoms with E-state index in [-0.39, 0.29) is 0 Å². The monoisotopic (exact) mass is 258 g/mol. The zero-order valence-corrected chi connectivity index (χ0v) is 11.1. The fourth-order valence-electron chi connectivity index (χ4n) is 3.17. The van der Waals surface area contributed by atoms with Crippen molar-refractivity contribution in [3.8, 4) is 0 Å². The number of carbonyl (C=O) groups is 1. The van der Waals surface area contributed by atoms with E-state index in [9.17, 15) is 9.90 Å². The van der Waals surface area contributed by atoms with Gasteiger partial charge in [0.05, 0.1) is 16.4 Å². The van der Waals surface area contributed by atoms with Crippen LogP contribution in [0.2, 0.25) is 0 Å². The van der Waals surface area contributed by atoms with E-state index in [0.717, 1.165) is 42.5 Å². The zero-order chi connectivity index (χ0) is 13.5. The van der Waals surface area contributed by atoms with Gasteiger partial charge in [0.1, 0.15) is 5.82 Å². The Hall–Kier alpha value is -1.84. The Morgan fingerprint density at radius 3 is 2.68 bits per heavy atom. The second-order valence-electron chi connectivity index (χ2n) is 5.55. The molecule has 100 valence electrons. The molecule has 0 spiro atoms. The molecule has 0 amide bonds. The standard InChI is InChI=1S/C15H18N2O2/c1-17-12-7-3-2-6-11(12)16-13(17)10-15(14(18)19)8-4-5-9-15/h2-3,6-7H,4-5,8-10H2,1H3,(H,18,19). The van der Waals surface area contributed by atoms with Crippen LogP contribution in [0, 0.1) is 5.41 Å². The lowest BCUT2D eigenvalue weighted by Gasteiger charge is -2.23. The summed E-state index contributed by atoms with van der Waals surface area (Å²) in [5.74, 6) is 0.211. The van der Waals surface area contributed by atoms with Gasteiger partial charge in [-0.15, -0.1) is 0 Å². The van der Waals surface area contributed by atoms with Crippen LogP contribution in [0.15, 0.2) is 24.3 Å². The molecule has 1 heterocycles. The lowest BCUT2D eigenvalue weighted by atomic mass is 9.82. The lowest BCUT2D eigenvalue weighted by Crippen LogP contribution is -2.31. The predicted octanol–water partition coefficient (Wildman–Crippen LogP) is 2.76. The van der Waals surface area contributed by atoms with Gasteiger partial charge in [-0.3, -0.25) is 4.79 Å². The smallest absolute Gasteiger partial charge is 0.310 e. The number of carboxylic acids is 1. The maximum atomic E-state index is 11.6. The number of aromatic nitrogens is 2. The van der Waals surface area contributed by atoms with Crippen molar-refractivity contribution in [2.45, 2.75) is 32.1 Å². The zero-order valence-electron chi connectivity index (χ0n) is 11.1. The van der Waals surface area contributed by atoms with Gasteiger partial charge in [0.25, 0.3) is 0 Å². The van der Waals surface area contributed by atoms with E-state index in [1.54, 1.807) is 0 Å². The Morgan fingerprint density at radius 2 is 2.05 bits per heavy atom. The molecule has 1 aromatic carbocycles.